The highest BCUT2D eigenvalue weighted by molar-refractivity contribution is 5.86. The van der Waals surface area contributed by atoms with E-state index in [1.807, 2.05) is 36.4 Å². The van der Waals surface area contributed by atoms with Crippen LogP contribution in [-0.2, 0) is 11.3 Å². The summed E-state index contributed by atoms with van der Waals surface area (Å²) >= 11 is 0. The van der Waals surface area contributed by atoms with Gasteiger partial charge in [-0.05, 0) is 49.9 Å². The van der Waals surface area contributed by atoms with E-state index >= 15 is 0 Å². The molecule has 6 nitrogen and oxygen atoms in total. The summed E-state index contributed by atoms with van der Waals surface area (Å²) in [5.41, 5.74) is 2.72. The zero-order valence-electron chi connectivity index (χ0n) is 21.0. The molecule has 35 heavy (non-hydrogen) atoms. The number of imidazole rings is 1. The maximum absolute atomic E-state index is 14.1. The number of ether oxygens (including phenoxy) is 2. The van der Waals surface area contributed by atoms with Gasteiger partial charge in [-0.2, -0.15) is 0 Å². The standard InChI is InChI=1S/C29H37N3O3/c1-34-23-17-18-24(27(19-23)35-2)29-30-25-15-9-10-16-26(25)31(29)20-28(33)32(21-11-5-3-6-12-21)22-13-7-4-8-14-22/h9-10,15-19,21-22H,3-8,11-14,20H2,1-2H3. The van der Waals surface area contributed by atoms with E-state index in [-0.39, 0.29) is 12.5 Å². The minimum absolute atomic E-state index is 0.223. The van der Waals surface area contributed by atoms with Crippen LogP contribution in [0.25, 0.3) is 22.4 Å². The fourth-order valence-corrected chi connectivity index (χ4v) is 6.07. The molecule has 0 spiro atoms. The molecule has 5 rings (SSSR count). The van der Waals surface area contributed by atoms with Crippen molar-refractivity contribution in [2.45, 2.75) is 82.8 Å². The van der Waals surface area contributed by atoms with Crippen molar-refractivity contribution in [3.05, 3.63) is 42.5 Å². The van der Waals surface area contributed by atoms with Crippen LogP contribution in [-0.4, -0.2) is 46.7 Å². The first-order chi connectivity index (χ1) is 17.2. The van der Waals surface area contributed by atoms with E-state index in [0.29, 0.717) is 17.8 Å². The Morgan fingerprint density at radius 2 is 1.57 bits per heavy atom. The lowest BCUT2D eigenvalue weighted by Crippen LogP contribution is -2.50. The average Bonchev–Trinajstić information content (AvgIpc) is 3.27. The Morgan fingerprint density at radius 3 is 2.20 bits per heavy atom. The van der Waals surface area contributed by atoms with Gasteiger partial charge in [0.2, 0.25) is 5.91 Å². The van der Waals surface area contributed by atoms with Gasteiger partial charge in [0.1, 0.15) is 23.9 Å². The Balaban J connectivity index is 1.54. The monoisotopic (exact) mass is 475 g/mol. The Kier molecular flexibility index (Phi) is 7.26. The zero-order chi connectivity index (χ0) is 24.2. The highest BCUT2D eigenvalue weighted by atomic mass is 16.5. The molecule has 0 bridgehead atoms. The summed E-state index contributed by atoms with van der Waals surface area (Å²) in [6.07, 6.45) is 12.0. The van der Waals surface area contributed by atoms with E-state index in [2.05, 4.69) is 15.5 Å². The van der Waals surface area contributed by atoms with Gasteiger partial charge < -0.3 is 18.9 Å². The smallest absolute Gasteiger partial charge is 0.243 e. The lowest BCUT2D eigenvalue weighted by Gasteiger charge is -2.42. The number of nitrogens with zero attached hydrogens (tertiary/aromatic N) is 3. The molecule has 2 aromatic carbocycles. The van der Waals surface area contributed by atoms with Crippen LogP contribution in [0.5, 0.6) is 11.5 Å². The highest BCUT2D eigenvalue weighted by Crippen LogP contribution is 2.36. The molecule has 1 heterocycles. The van der Waals surface area contributed by atoms with Crippen molar-refractivity contribution in [3.8, 4) is 22.9 Å². The number of fused-ring (bicyclic) bond motifs is 1. The number of aromatic nitrogens is 2. The van der Waals surface area contributed by atoms with Crippen LogP contribution in [0.4, 0.5) is 0 Å². The van der Waals surface area contributed by atoms with E-state index in [0.717, 1.165) is 53.9 Å². The maximum Gasteiger partial charge on any atom is 0.243 e. The average molecular weight is 476 g/mol. The first kappa shape index (κ1) is 23.7. The van der Waals surface area contributed by atoms with Gasteiger partial charge in [-0.1, -0.05) is 50.7 Å². The summed E-state index contributed by atoms with van der Waals surface area (Å²) in [4.78, 5) is 21.4. The van der Waals surface area contributed by atoms with Crippen LogP contribution in [0.2, 0.25) is 0 Å². The molecular weight excluding hydrogens is 438 g/mol. The number of rotatable bonds is 7. The minimum Gasteiger partial charge on any atom is -0.497 e. The molecule has 0 unspecified atom stereocenters. The fourth-order valence-electron chi connectivity index (χ4n) is 6.07. The van der Waals surface area contributed by atoms with Crippen LogP contribution in [0.3, 0.4) is 0 Å². The van der Waals surface area contributed by atoms with Gasteiger partial charge in [-0.25, -0.2) is 4.98 Å². The predicted octanol–water partition coefficient (Wildman–Crippen LogP) is 6.21. The molecule has 1 aromatic heterocycles. The topological polar surface area (TPSA) is 56.6 Å². The van der Waals surface area contributed by atoms with Crippen molar-refractivity contribution in [2.24, 2.45) is 0 Å². The van der Waals surface area contributed by atoms with Gasteiger partial charge in [-0.15, -0.1) is 0 Å². The van der Waals surface area contributed by atoms with Crippen LogP contribution in [0, 0.1) is 0 Å². The summed E-state index contributed by atoms with van der Waals surface area (Å²) < 4.78 is 13.2. The lowest BCUT2D eigenvalue weighted by atomic mass is 9.88. The number of methoxy groups -OCH3 is 2. The molecule has 0 atom stereocenters. The lowest BCUT2D eigenvalue weighted by molar-refractivity contribution is -0.138. The van der Waals surface area contributed by atoms with E-state index in [1.54, 1.807) is 14.2 Å². The molecular formula is C29H37N3O3. The Hall–Kier alpha value is -3.02. The van der Waals surface area contributed by atoms with E-state index in [4.69, 9.17) is 14.5 Å². The number of benzene rings is 2. The van der Waals surface area contributed by atoms with Crippen molar-refractivity contribution in [3.63, 3.8) is 0 Å². The SMILES string of the molecule is COc1ccc(-c2nc3ccccc3n2CC(=O)N(C2CCCCC2)C2CCCCC2)c(OC)c1. The predicted molar refractivity (Wildman–Crippen MR) is 139 cm³/mol. The van der Waals surface area contributed by atoms with Crippen molar-refractivity contribution >= 4 is 16.9 Å². The van der Waals surface area contributed by atoms with Gasteiger partial charge in [0.25, 0.3) is 0 Å². The first-order valence-electron chi connectivity index (χ1n) is 13.2. The normalized spacial score (nSPS) is 17.4. The van der Waals surface area contributed by atoms with Gasteiger partial charge in [0.15, 0.2) is 0 Å². The fraction of sp³-hybridized carbons (Fsp3) is 0.517. The molecule has 2 fully saturated rings. The van der Waals surface area contributed by atoms with Crippen LogP contribution < -0.4 is 9.47 Å². The third-order valence-electron chi connectivity index (χ3n) is 7.82. The Labute approximate surface area is 208 Å². The minimum atomic E-state index is 0.223. The first-order valence-corrected chi connectivity index (χ1v) is 13.2. The third-order valence-corrected chi connectivity index (χ3v) is 7.82. The summed E-state index contributed by atoms with van der Waals surface area (Å²) in [6.45, 7) is 0.290. The van der Waals surface area contributed by atoms with Crippen molar-refractivity contribution < 1.29 is 14.3 Å². The number of amides is 1. The van der Waals surface area contributed by atoms with Crippen LogP contribution in [0.1, 0.15) is 64.2 Å². The van der Waals surface area contributed by atoms with E-state index < -0.39 is 0 Å². The summed E-state index contributed by atoms with van der Waals surface area (Å²) in [5.74, 6) is 2.39. The Bertz CT molecular complexity index is 1140. The number of carbonyl (C=O) groups excluding carboxylic acids is 1. The summed E-state index contributed by atoms with van der Waals surface area (Å²) in [7, 11) is 3.30. The summed E-state index contributed by atoms with van der Waals surface area (Å²) in [6, 6.07) is 14.6. The van der Waals surface area contributed by atoms with Crippen LogP contribution >= 0.6 is 0 Å². The van der Waals surface area contributed by atoms with Crippen LogP contribution in [0.15, 0.2) is 42.5 Å². The summed E-state index contributed by atoms with van der Waals surface area (Å²) in [5, 5.41) is 0. The van der Waals surface area contributed by atoms with Crippen molar-refractivity contribution in [2.75, 3.05) is 14.2 Å². The number of para-hydroxylation sites is 2. The molecule has 1 amide bonds. The molecule has 0 saturated heterocycles. The van der Waals surface area contributed by atoms with Gasteiger partial charge in [0, 0.05) is 18.2 Å². The number of carbonyl (C=O) groups is 1. The third kappa shape index (κ3) is 4.89. The maximum atomic E-state index is 14.1. The molecule has 186 valence electrons. The molecule has 2 aliphatic rings. The molecule has 3 aromatic rings. The second kappa shape index (κ2) is 10.7. The largest absolute Gasteiger partial charge is 0.497 e. The number of hydrogen-bond donors (Lipinski definition) is 0. The quantitative estimate of drug-likeness (QED) is 0.407. The molecule has 2 saturated carbocycles. The van der Waals surface area contributed by atoms with E-state index in [9.17, 15) is 4.79 Å². The van der Waals surface area contributed by atoms with Crippen molar-refractivity contribution in [1.29, 1.82) is 0 Å². The molecule has 0 N–H and O–H groups in total. The molecule has 0 radical (unpaired) electrons. The second-order valence-electron chi connectivity index (χ2n) is 9.96. The molecule has 2 aliphatic carbocycles. The van der Waals surface area contributed by atoms with E-state index in [1.165, 1.54) is 38.5 Å². The zero-order valence-corrected chi connectivity index (χ0v) is 21.0. The molecule has 0 aliphatic heterocycles. The second-order valence-corrected chi connectivity index (χ2v) is 9.96. The van der Waals surface area contributed by atoms with Gasteiger partial charge >= 0.3 is 0 Å². The Morgan fingerprint density at radius 1 is 0.914 bits per heavy atom. The van der Waals surface area contributed by atoms with Gasteiger partial charge in [0.05, 0.1) is 30.8 Å². The van der Waals surface area contributed by atoms with Gasteiger partial charge in [-0.3, -0.25) is 4.79 Å². The van der Waals surface area contributed by atoms with Crippen molar-refractivity contribution in [1.82, 2.24) is 14.5 Å². The number of hydrogen-bond acceptors (Lipinski definition) is 4. The molecule has 6 heteroatoms. The highest BCUT2D eigenvalue weighted by Gasteiger charge is 2.33.